The molecular weight excluding hydrogens is 380 g/mol. The predicted molar refractivity (Wildman–Crippen MR) is 130 cm³/mol. The fourth-order valence-electron chi connectivity index (χ4n) is 4.83. The number of esters is 1. The average molecular weight is 421 g/mol. The van der Waals surface area contributed by atoms with Crippen molar-refractivity contribution in [2.24, 2.45) is 5.92 Å². The lowest BCUT2D eigenvalue weighted by Crippen LogP contribution is -2.13. The van der Waals surface area contributed by atoms with Gasteiger partial charge in [0.05, 0.1) is 5.56 Å². The zero-order valence-electron chi connectivity index (χ0n) is 19.6. The van der Waals surface area contributed by atoms with Gasteiger partial charge in [-0.05, 0) is 85.8 Å². The highest BCUT2D eigenvalue weighted by atomic mass is 16.5. The van der Waals surface area contributed by atoms with Crippen molar-refractivity contribution < 1.29 is 9.53 Å². The zero-order chi connectivity index (χ0) is 21.9. The van der Waals surface area contributed by atoms with Crippen molar-refractivity contribution in [1.82, 2.24) is 0 Å². The van der Waals surface area contributed by atoms with Crippen LogP contribution >= 0.6 is 0 Å². The highest BCUT2D eigenvalue weighted by Gasteiger charge is 2.22. The Morgan fingerprint density at radius 3 is 2.10 bits per heavy atom. The second-order valence-corrected chi connectivity index (χ2v) is 9.33. The van der Waals surface area contributed by atoms with Gasteiger partial charge in [-0.15, -0.1) is 0 Å². The summed E-state index contributed by atoms with van der Waals surface area (Å²) < 4.78 is 5.61. The van der Waals surface area contributed by atoms with Gasteiger partial charge in [-0.1, -0.05) is 76.6 Å². The van der Waals surface area contributed by atoms with E-state index in [4.69, 9.17) is 4.74 Å². The molecule has 1 aliphatic rings. The molecule has 0 unspecified atom stereocenters. The number of rotatable bonds is 11. The molecule has 0 radical (unpaired) electrons. The Bertz CT molecular complexity index is 767. The Morgan fingerprint density at radius 2 is 1.45 bits per heavy atom. The smallest absolute Gasteiger partial charge is 0.343 e. The van der Waals surface area contributed by atoms with E-state index < -0.39 is 0 Å². The third-order valence-electron chi connectivity index (χ3n) is 6.88. The summed E-state index contributed by atoms with van der Waals surface area (Å²) in [5, 5.41) is 0. The Kier molecular flexibility index (Phi) is 9.65. The summed E-state index contributed by atoms with van der Waals surface area (Å²) in [6, 6.07) is 16.1. The van der Waals surface area contributed by atoms with Crippen LogP contribution in [0.3, 0.4) is 0 Å². The van der Waals surface area contributed by atoms with Crippen LogP contribution in [0.2, 0.25) is 0 Å². The molecule has 0 heterocycles. The molecule has 168 valence electrons. The standard InChI is InChI=1S/C29H40O2/c1-3-5-7-9-23-11-15-25(16-12-23)26-19-21-28(22-20-26)31-29(30)27-17-13-24(14-18-27)10-8-6-4-2/h13-14,17-23,25H,3-12,15-16H2,1-2H3. The molecule has 31 heavy (non-hydrogen) atoms. The molecule has 2 heteroatoms. The SMILES string of the molecule is CCCCCc1ccc(C(=O)Oc2ccc(C3CCC(CCCCC)CC3)cc2)cc1. The third kappa shape index (κ3) is 7.52. The number of carbonyl (C=O) groups is 1. The van der Waals surface area contributed by atoms with Gasteiger partial charge in [-0.25, -0.2) is 4.79 Å². The Balaban J connectivity index is 1.46. The molecule has 2 nitrogen and oxygen atoms in total. The highest BCUT2D eigenvalue weighted by molar-refractivity contribution is 5.91. The van der Waals surface area contributed by atoms with Crippen LogP contribution in [0.15, 0.2) is 48.5 Å². The highest BCUT2D eigenvalue weighted by Crippen LogP contribution is 2.38. The molecule has 2 aromatic carbocycles. The average Bonchev–Trinajstić information content (AvgIpc) is 2.81. The van der Waals surface area contributed by atoms with Gasteiger partial charge in [-0.3, -0.25) is 0 Å². The van der Waals surface area contributed by atoms with Crippen molar-refractivity contribution >= 4 is 5.97 Å². The van der Waals surface area contributed by atoms with Crippen LogP contribution in [0, 0.1) is 5.92 Å². The van der Waals surface area contributed by atoms with Gasteiger partial charge in [0.2, 0.25) is 0 Å². The number of aryl methyl sites for hydroxylation is 1. The minimum atomic E-state index is -0.277. The molecule has 0 bridgehead atoms. The molecule has 0 atom stereocenters. The quantitative estimate of drug-likeness (QED) is 0.207. The topological polar surface area (TPSA) is 26.3 Å². The minimum Gasteiger partial charge on any atom is -0.423 e. The maximum Gasteiger partial charge on any atom is 0.343 e. The Hall–Kier alpha value is -2.09. The van der Waals surface area contributed by atoms with Crippen LogP contribution in [-0.2, 0) is 6.42 Å². The maximum absolute atomic E-state index is 12.5. The molecule has 0 N–H and O–H groups in total. The fraction of sp³-hybridized carbons (Fsp3) is 0.552. The lowest BCUT2D eigenvalue weighted by Gasteiger charge is -2.29. The van der Waals surface area contributed by atoms with Gasteiger partial charge in [-0.2, -0.15) is 0 Å². The van der Waals surface area contributed by atoms with E-state index in [2.05, 4.69) is 26.0 Å². The zero-order valence-corrected chi connectivity index (χ0v) is 19.6. The van der Waals surface area contributed by atoms with E-state index in [1.807, 2.05) is 36.4 Å². The van der Waals surface area contributed by atoms with Crippen LogP contribution in [-0.4, -0.2) is 5.97 Å². The van der Waals surface area contributed by atoms with Gasteiger partial charge in [0.15, 0.2) is 0 Å². The summed E-state index contributed by atoms with van der Waals surface area (Å²) in [5.74, 6) is 1.95. The molecule has 0 aromatic heterocycles. The van der Waals surface area contributed by atoms with Gasteiger partial charge in [0.25, 0.3) is 0 Å². The largest absolute Gasteiger partial charge is 0.423 e. The van der Waals surface area contributed by atoms with Crippen LogP contribution < -0.4 is 4.74 Å². The summed E-state index contributed by atoms with van der Waals surface area (Å²) in [6.07, 6.45) is 15.6. The Morgan fingerprint density at radius 1 is 0.806 bits per heavy atom. The van der Waals surface area contributed by atoms with Crippen LogP contribution in [0.25, 0.3) is 0 Å². The third-order valence-corrected chi connectivity index (χ3v) is 6.88. The number of benzene rings is 2. The monoisotopic (exact) mass is 420 g/mol. The molecule has 2 aromatic rings. The molecular formula is C29H40O2. The van der Waals surface area contributed by atoms with E-state index in [0.717, 1.165) is 12.3 Å². The first-order valence-corrected chi connectivity index (χ1v) is 12.6. The summed E-state index contributed by atoms with van der Waals surface area (Å²) >= 11 is 0. The molecule has 0 spiro atoms. The van der Waals surface area contributed by atoms with Crippen molar-refractivity contribution in [3.05, 3.63) is 65.2 Å². The molecule has 3 rings (SSSR count). The minimum absolute atomic E-state index is 0.277. The number of carbonyl (C=O) groups excluding carboxylic acids is 1. The first-order valence-electron chi connectivity index (χ1n) is 12.6. The van der Waals surface area contributed by atoms with Crippen molar-refractivity contribution in [2.75, 3.05) is 0 Å². The summed E-state index contributed by atoms with van der Waals surface area (Å²) in [7, 11) is 0. The molecule has 0 aliphatic heterocycles. The van der Waals surface area contributed by atoms with Gasteiger partial charge < -0.3 is 4.74 Å². The normalized spacial score (nSPS) is 18.6. The van der Waals surface area contributed by atoms with E-state index in [1.54, 1.807) is 0 Å². The predicted octanol–water partition coefficient (Wildman–Crippen LogP) is 8.49. The van der Waals surface area contributed by atoms with Crippen molar-refractivity contribution in [3.8, 4) is 5.75 Å². The number of hydrogen-bond donors (Lipinski definition) is 0. The Labute approximate surface area is 189 Å². The number of unbranched alkanes of at least 4 members (excludes halogenated alkanes) is 4. The maximum atomic E-state index is 12.5. The molecule has 1 aliphatic carbocycles. The second kappa shape index (κ2) is 12.7. The molecule has 0 saturated heterocycles. The fourth-order valence-corrected chi connectivity index (χ4v) is 4.83. The van der Waals surface area contributed by atoms with E-state index in [1.165, 1.54) is 81.8 Å². The molecule has 1 saturated carbocycles. The van der Waals surface area contributed by atoms with Crippen LogP contribution in [0.4, 0.5) is 0 Å². The first kappa shape index (κ1) is 23.6. The van der Waals surface area contributed by atoms with E-state index in [9.17, 15) is 4.79 Å². The summed E-state index contributed by atoms with van der Waals surface area (Å²) in [5.41, 5.74) is 3.29. The van der Waals surface area contributed by atoms with Crippen molar-refractivity contribution in [3.63, 3.8) is 0 Å². The van der Waals surface area contributed by atoms with Crippen LogP contribution in [0.1, 0.15) is 112 Å². The first-order chi connectivity index (χ1) is 15.2. The number of hydrogen-bond acceptors (Lipinski definition) is 2. The van der Waals surface area contributed by atoms with Gasteiger partial charge >= 0.3 is 5.97 Å². The van der Waals surface area contributed by atoms with Crippen molar-refractivity contribution in [1.29, 1.82) is 0 Å². The summed E-state index contributed by atoms with van der Waals surface area (Å²) in [4.78, 5) is 12.5. The van der Waals surface area contributed by atoms with Crippen LogP contribution in [0.5, 0.6) is 5.75 Å². The van der Waals surface area contributed by atoms with Gasteiger partial charge in [0.1, 0.15) is 5.75 Å². The number of ether oxygens (including phenoxy) is 1. The summed E-state index contributed by atoms with van der Waals surface area (Å²) in [6.45, 7) is 4.49. The lowest BCUT2D eigenvalue weighted by atomic mass is 9.77. The molecule has 0 amide bonds. The lowest BCUT2D eigenvalue weighted by molar-refractivity contribution is 0.0734. The second-order valence-electron chi connectivity index (χ2n) is 9.33. The van der Waals surface area contributed by atoms with E-state index in [-0.39, 0.29) is 5.97 Å². The molecule has 1 fully saturated rings. The van der Waals surface area contributed by atoms with Crippen molar-refractivity contribution in [2.45, 2.75) is 96.8 Å². The van der Waals surface area contributed by atoms with Gasteiger partial charge in [0, 0.05) is 0 Å². The van der Waals surface area contributed by atoms with E-state index >= 15 is 0 Å². The van der Waals surface area contributed by atoms with E-state index in [0.29, 0.717) is 17.2 Å².